The Kier molecular flexibility index (Phi) is 5.67. The highest BCUT2D eigenvalue weighted by Gasteiger charge is 2.29. The van der Waals surface area contributed by atoms with Crippen molar-refractivity contribution < 1.29 is 4.79 Å². The lowest BCUT2D eigenvalue weighted by atomic mass is 9.86. The number of amides is 1. The molecule has 2 nitrogen and oxygen atoms in total. The molecule has 0 aromatic rings. The van der Waals surface area contributed by atoms with Crippen molar-refractivity contribution in [1.29, 1.82) is 0 Å². The lowest BCUT2D eigenvalue weighted by Gasteiger charge is -2.39. The van der Waals surface area contributed by atoms with Crippen molar-refractivity contribution in [1.82, 2.24) is 4.90 Å². The second-order valence-corrected chi connectivity index (χ2v) is 6.34. The summed E-state index contributed by atoms with van der Waals surface area (Å²) >= 11 is 1.45. The molecule has 1 aliphatic carbocycles. The Bertz CT molecular complexity index is 230. The van der Waals surface area contributed by atoms with Crippen molar-refractivity contribution in [2.24, 2.45) is 5.92 Å². The van der Waals surface area contributed by atoms with Crippen molar-refractivity contribution >= 4 is 17.0 Å². The molecule has 0 aliphatic heterocycles. The molecule has 0 spiro atoms. The second kappa shape index (κ2) is 6.53. The lowest BCUT2D eigenvalue weighted by Crippen LogP contribution is -2.45. The highest BCUT2D eigenvalue weighted by atomic mass is 32.2. The minimum atomic E-state index is 0.275. The molecule has 1 saturated carbocycles. The monoisotopic (exact) mass is 243 g/mol. The summed E-state index contributed by atoms with van der Waals surface area (Å²) in [6.45, 7) is 8.62. The Balaban J connectivity index is 2.65. The molecule has 0 N–H and O–H groups in total. The number of hydrogen-bond donors (Lipinski definition) is 0. The van der Waals surface area contributed by atoms with E-state index < -0.39 is 0 Å². The molecule has 3 heteroatoms. The highest BCUT2D eigenvalue weighted by Crippen LogP contribution is 2.30. The fourth-order valence-electron chi connectivity index (χ4n) is 2.63. The van der Waals surface area contributed by atoms with E-state index in [1.54, 1.807) is 0 Å². The molecule has 0 saturated heterocycles. The molecular formula is C13H25NOS. The van der Waals surface area contributed by atoms with Gasteiger partial charge in [0, 0.05) is 12.1 Å². The van der Waals surface area contributed by atoms with Crippen LogP contribution in [0.4, 0.5) is 4.79 Å². The third-order valence-corrected chi connectivity index (χ3v) is 4.08. The van der Waals surface area contributed by atoms with Gasteiger partial charge in [0.25, 0.3) is 5.24 Å². The quantitative estimate of drug-likeness (QED) is 0.742. The molecule has 0 aromatic heterocycles. The molecule has 1 rings (SSSR count). The van der Waals surface area contributed by atoms with Crippen molar-refractivity contribution in [2.75, 3.05) is 5.75 Å². The second-order valence-electron chi connectivity index (χ2n) is 5.13. The molecule has 1 fully saturated rings. The summed E-state index contributed by atoms with van der Waals surface area (Å²) < 4.78 is 0. The zero-order valence-electron chi connectivity index (χ0n) is 11.0. The van der Waals surface area contributed by atoms with Gasteiger partial charge < -0.3 is 4.90 Å². The minimum Gasteiger partial charge on any atom is -0.328 e. The maximum Gasteiger partial charge on any atom is 0.282 e. The Hall–Kier alpha value is -0.180. The summed E-state index contributed by atoms with van der Waals surface area (Å²) in [4.78, 5) is 14.2. The van der Waals surface area contributed by atoms with Crippen molar-refractivity contribution in [3.8, 4) is 0 Å². The van der Waals surface area contributed by atoms with Gasteiger partial charge in [0.2, 0.25) is 0 Å². The van der Waals surface area contributed by atoms with Crippen molar-refractivity contribution in [3.05, 3.63) is 0 Å². The normalized spacial score (nSPS) is 25.8. The first-order valence-corrected chi connectivity index (χ1v) is 7.49. The number of rotatable bonds is 3. The Morgan fingerprint density at radius 3 is 2.62 bits per heavy atom. The molecule has 0 aromatic carbocycles. The Morgan fingerprint density at radius 1 is 1.44 bits per heavy atom. The molecular weight excluding hydrogens is 218 g/mol. The van der Waals surface area contributed by atoms with Gasteiger partial charge in [-0.15, -0.1) is 0 Å². The average Bonchev–Trinajstić information content (AvgIpc) is 2.17. The van der Waals surface area contributed by atoms with Gasteiger partial charge in [0.15, 0.2) is 0 Å². The fraction of sp³-hybridized carbons (Fsp3) is 0.923. The van der Waals surface area contributed by atoms with E-state index in [-0.39, 0.29) is 5.24 Å². The largest absolute Gasteiger partial charge is 0.328 e. The Labute approximate surface area is 104 Å². The van der Waals surface area contributed by atoms with Gasteiger partial charge in [-0.3, -0.25) is 4.79 Å². The van der Waals surface area contributed by atoms with Crippen LogP contribution in [0.3, 0.4) is 0 Å². The van der Waals surface area contributed by atoms with E-state index in [2.05, 4.69) is 25.7 Å². The summed E-state index contributed by atoms with van der Waals surface area (Å²) in [6.07, 6.45) is 4.99. The van der Waals surface area contributed by atoms with E-state index in [0.717, 1.165) is 11.7 Å². The van der Waals surface area contributed by atoms with E-state index in [1.807, 2.05) is 6.92 Å². The molecule has 0 radical (unpaired) electrons. The van der Waals surface area contributed by atoms with Crippen LogP contribution in [0.15, 0.2) is 0 Å². The third-order valence-electron chi connectivity index (χ3n) is 3.34. The molecule has 1 aliphatic rings. The molecule has 0 heterocycles. The first-order chi connectivity index (χ1) is 7.56. The number of carbonyl (C=O) groups is 1. The molecule has 2 atom stereocenters. The van der Waals surface area contributed by atoms with Crippen molar-refractivity contribution in [2.45, 2.75) is 65.5 Å². The van der Waals surface area contributed by atoms with Crippen LogP contribution in [0, 0.1) is 5.92 Å². The Morgan fingerprint density at radius 2 is 2.12 bits per heavy atom. The topological polar surface area (TPSA) is 20.3 Å². The maximum atomic E-state index is 12.1. The first kappa shape index (κ1) is 13.9. The van der Waals surface area contributed by atoms with Crippen LogP contribution >= 0.6 is 11.8 Å². The number of carbonyl (C=O) groups excluding carboxylic acids is 1. The van der Waals surface area contributed by atoms with Crippen LogP contribution in [0.25, 0.3) is 0 Å². The van der Waals surface area contributed by atoms with Gasteiger partial charge in [-0.1, -0.05) is 38.5 Å². The van der Waals surface area contributed by atoms with E-state index in [4.69, 9.17) is 0 Å². The summed E-state index contributed by atoms with van der Waals surface area (Å²) in [6, 6.07) is 0.817. The molecule has 0 bridgehead atoms. The maximum absolute atomic E-state index is 12.1. The van der Waals surface area contributed by atoms with Crippen LogP contribution < -0.4 is 0 Å². The zero-order chi connectivity index (χ0) is 12.1. The molecule has 1 amide bonds. The van der Waals surface area contributed by atoms with Gasteiger partial charge in [0.05, 0.1) is 0 Å². The number of thioether (sulfide) groups is 1. The van der Waals surface area contributed by atoms with E-state index in [9.17, 15) is 4.79 Å². The van der Waals surface area contributed by atoms with Crippen LogP contribution in [0.2, 0.25) is 0 Å². The van der Waals surface area contributed by atoms with Crippen molar-refractivity contribution in [3.63, 3.8) is 0 Å². The van der Waals surface area contributed by atoms with Crippen LogP contribution in [-0.2, 0) is 0 Å². The van der Waals surface area contributed by atoms with Gasteiger partial charge in [-0.05, 0) is 38.4 Å². The molecule has 16 heavy (non-hydrogen) atoms. The lowest BCUT2D eigenvalue weighted by molar-refractivity contribution is 0.139. The van der Waals surface area contributed by atoms with E-state index in [1.165, 1.54) is 37.4 Å². The van der Waals surface area contributed by atoms with Crippen LogP contribution in [-0.4, -0.2) is 28.0 Å². The predicted octanol–water partition coefficient (Wildman–Crippen LogP) is 4.15. The summed E-state index contributed by atoms with van der Waals surface area (Å²) in [5.74, 6) is 1.66. The predicted molar refractivity (Wildman–Crippen MR) is 71.9 cm³/mol. The van der Waals surface area contributed by atoms with Gasteiger partial charge in [-0.25, -0.2) is 0 Å². The van der Waals surface area contributed by atoms with E-state index >= 15 is 0 Å². The zero-order valence-corrected chi connectivity index (χ0v) is 11.8. The average molecular weight is 243 g/mol. The minimum absolute atomic E-state index is 0.275. The van der Waals surface area contributed by atoms with Crippen LogP contribution in [0.5, 0.6) is 0 Å². The SMILES string of the molecule is CCSC(=O)N(C(C)C)C1CCCC(C)C1. The standard InChI is InChI=1S/C13H25NOS/c1-5-16-13(15)14(10(2)3)12-8-6-7-11(4)9-12/h10-12H,5-9H2,1-4H3. The van der Waals surface area contributed by atoms with E-state index in [0.29, 0.717) is 12.1 Å². The van der Waals surface area contributed by atoms with Gasteiger partial charge in [-0.2, -0.15) is 0 Å². The summed E-state index contributed by atoms with van der Waals surface area (Å²) in [5, 5.41) is 0.275. The smallest absolute Gasteiger partial charge is 0.282 e. The molecule has 2 unspecified atom stereocenters. The number of hydrogen-bond acceptors (Lipinski definition) is 2. The fourth-order valence-corrected chi connectivity index (χ4v) is 3.39. The van der Waals surface area contributed by atoms with Gasteiger partial charge >= 0.3 is 0 Å². The van der Waals surface area contributed by atoms with Crippen LogP contribution in [0.1, 0.15) is 53.4 Å². The first-order valence-electron chi connectivity index (χ1n) is 6.51. The molecule has 94 valence electrons. The third kappa shape index (κ3) is 3.69. The van der Waals surface area contributed by atoms with Gasteiger partial charge in [0.1, 0.15) is 0 Å². The summed E-state index contributed by atoms with van der Waals surface area (Å²) in [7, 11) is 0. The number of nitrogens with zero attached hydrogens (tertiary/aromatic N) is 1. The summed E-state index contributed by atoms with van der Waals surface area (Å²) in [5.41, 5.74) is 0. The highest BCUT2D eigenvalue weighted by molar-refractivity contribution is 8.13.